The number of furan rings is 1. The SMILES string of the molecule is Cc1ccc(S(=O)(=O)Nc2coc3ccccc23)cc1. The van der Waals surface area contributed by atoms with Crippen LogP contribution in [0.1, 0.15) is 5.56 Å². The Morgan fingerprint density at radius 1 is 1.00 bits per heavy atom. The van der Waals surface area contributed by atoms with Crippen molar-refractivity contribution in [3.63, 3.8) is 0 Å². The van der Waals surface area contributed by atoms with Crippen molar-refractivity contribution in [1.29, 1.82) is 0 Å². The average Bonchev–Trinajstić information content (AvgIpc) is 2.82. The molecule has 0 bridgehead atoms. The summed E-state index contributed by atoms with van der Waals surface area (Å²) in [5, 5.41) is 0.739. The summed E-state index contributed by atoms with van der Waals surface area (Å²) in [7, 11) is -3.60. The minimum absolute atomic E-state index is 0.230. The average molecular weight is 287 g/mol. The van der Waals surface area contributed by atoms with Crippen molar-refractivity contribution >= 4 is 26.7 Å². The number of hydrogen-bond acceptors (Lipinski definition) is 3. The molecule has 0 fully saturated rings. The number of benzene rings is 2. The van der Waals surface area contributed by atoms with Crippen LogP contribution in [-0.2, 0) is 10.0 Å². The van der Waals surface area contributed by atoms with Gasteiger partial charge in [0, 0.05) is 5.39 Å². The first-order chi connectivity index (χ1) is 9.56. The fourth-order valence-electron chi connectivity index (χ4n) is 1.98. The number of hydrogen-bond donors (Lipinski definition) is 1. The number of fused-ring (bicyclic) bond motifs is 1. The molecule has 0 saturated carbocycles. The van der Waals surface area contributed by atoms with Gasteiger partial charge in [-0.25, -0.2) is 8.42 Å². The van der Waals surface area contributed by atoms with Crippen LogP contribution in [-0.4, -0.2) is 8.42 Å². The number of nitrogens with one attached hydrogen (secondary N) is 1. The Bertz CT molecular complexity index is 848. The van der Waals surface area contributed by atoms with Gasteiger partial charge in [-0.2, -0.15) is 0 Å². The van der Waals surface area contributed by atoms with Gasteiger partial charge in [0.05, 0.1) is 10.6 Å². The molecule has 0 unspecified atom stereocenters. The first-order valence-corrected chi connectivity index (χ1v) is 7.60. The predicted molar refractivity (Wildman–Crippen MR) is 78.2 cm³/mol. The minimum atomic E-state index is -3.60. The van der Waals surface area contributed by atoms with Crippen LogP contribution in [0.25, 0.3) is 11.0 Å². The number of rotatable bonds is 3. The molecule has 0 aliphatic rings. The summed E-state index contributed by atoms with van der Waals surface area (Å²) in [6.07, 6.45) is 1.41. The first-order valence-electron chi connectivity index (χ1n) is 6.12. The summed E-state index contributed by atoms with van der Waals surface area (Å²) in [4.78, 5) is 0.230. The third-order valence-corrected chi connectivity index (χ3v) is 4.44. The molecule has 3 aromatic rings. The summed E-state index contributed by atoms with van der Waals surface area (Å²) in [6.45, 7) is 1.91. The number of sulfonamides is 1. The fourth-order valence-corrected chi connectivity index (χ4v) is 3.04. The van der Waals surface area contributed by atoms with Gasteiger partial charge in [0.2, 0.25) is 0 Å². The van der Waals surface area contributed by atoms with Crippen LogP contribution in [0, 0.1) is 6.92 Å². The second kappa shape index (κ2) is 4.68. The molecule has 4 nitrogen and oxygen atoms in total. The molecule has 1 N–H and O–H groups in total. The van der Waals surface area contributed by atoms with E-state index in [-0.39, 0.29) is 4.90 Å². The van der Waals surface area contributed by atoms with Crippen molar-refractivity contribution in [3.05, 3.63) is 60.4 Å². The Balaban J connectivity index is 1.99. The lowest BCUT2D eigenvalue weighted by Crippen LogP contribution is -2.12. The molecule has 0 atom stereocenters. The topological polar surface area (TPSA) is 59.3 Å². The monoisotopic (exact) mass is 287 g/mol. The fraction of sp³-hybridized carbons (Fsp3) is 0.0667. The van der Waals surface area contributed by atoms with Gasteiger partial charge in [-0.15, -0.1) is 0 Å². The largest absolute Gasteiger partial charge is 0.462 e. The van der Waals surface area contributed by atoms with Crippen LogP contribution in [0.4, 0.5) is 5.69 Å². The van der Waals surface area contributed by atoms with Crippen LogP contribution >= 0.6 is 0 Å². The maximum atomic E-state index is 12.3. The summed E-state index contributed by atoms with van der Waals surface area (Å²) in [5.41, 5.74) is 2.10. The van der Waals surface area contributed by atoms with Crippen molar-refractivity contribution in [1.82, 2.24) is 0 Å². The lowest BCUT2D eigenvalue weighted by molar-refractivity contribution is 0.599. The Kier molecular flexibility index (Phi) is 2.99. The Morgan fingerprint density at radius 2 is 1.70 bits per heavy atom. The highest BCUT2D eigenvalue weighted by Crippen LogP contribution is 2.27. The summed E-state index contributed by atoms with van der Waals surface area (Å²) < 4.78 is 32.5. The van der Waals surface area contributed by atoms with Crippen LogP contribution in [0.2, 0.25) is 0 Å². The summed E-state index contributed by atoms with van der Waals surface area (Å²) >= 11 is 0. The van der Waals surface area contributed by atoms with Crippen molar-refractivity contribution in [3.8, 4) is 0 Å². The molecule has 0 saturated heterocycles. The molecule has 0 spiro atoms. The maximum Gasteiger partial charge on any atom is 0.262 e. The molecular formula is C15H13NO3S. The molecule has 2 aromatic carbocycles. The third kappa shape index (κ3) is 2.28. The second-order valence-corrected chi connectivity index (χ2v) is 6.25. The zero-order chi connectivity index (χ0) is 14.2. The summed E-state index contributed by atoms with van der Waals surface area (Å²) in [5.74, 6) is 0. The standard InChI is InChI=1S/C15H13NO3S/c1-11-6-8-12(9-7-11)20(17,18)16-14-10-19-15-5-3-2-4-13(14)15/h2-10,16H,1H3. The van der Waals surface area contributed by atoms with Crippen LogP contribution in [0.5, 0.6) is 0 Å². The van der Waals surface area contributed by atoms with E-state index in [9.17, 15) is 8.42 Å². The van der Waals surface area contributed by atoms with E-state index in [1.165, 1.54) is 6.26 Å². The molecule has 1 heterocycles. The smallest absolute Gasteiger partial charge is 0.262 e. The third-order valence-electron chi connectivity index (χ3n) is 3.06. The van der Waals surface area contributed by atoms with Gasteiger partial charge in [0.25, 0.3) is 10.0 Å². The first kappa shape index (κ1) is 12.7. The Hall–Kier alpha value is -2.27. The number of anilines is 1. The van der Waals surface area contributed by atoms with Gasteiger partial charge in [0.15, 0.2) is 0 Å². The van der Waals surface area contributed by atoms with E-state index in [4.69, 9.17) is 4.42 Å². The van der Waals surface area contributed by atoms with Gasteiger partial charge >= 0.3 is 0 Å². The van der Waals surface area contributed by atoms with Crippen LogP contribution in [0.3, 0.4) is 0 Å². The normalized spacial score (nSPS) is 11.7. The van der Waals surface area contributed by atoms with Crippen molar-refractivity contribution in [2.24, 2.45) is 0 Å². The van der Waals surface area contributed by atoms with E-state index in [1.807, 2.05) is 25.1 Å². The highest BCUT2D eigenvalue weighted by atomic mass is 32.2. The number of para-hydroxylation sites is 1. The highest BCUT2D eigenvalue weighted by molar-refractivity contribution is 7.92. The second-order valence-electron chi connectivity index (χ2n) is 4.56. The summed E-state index contributed by atoms with van der Waals surface area (Å²) in [6, 6.07) is 14.0. The van der Waals surface area contributed by atoms with Crippen molar-refractivity contribution < 1.29 is 12.8 Å². The van der Waals surface area contributed by atoms with E-state index < -0.39 is 10.0 Å². The van der Waals surface area contributed by atoms with Crippen LogP contribution in [0.15, 0.2) is 64.1 Å². The molecule has 5 heteroatoms. The zero-order valence-corrected chi connectivity index (χ0v) is 11.6. The van der Waals surface area contributed by atoms with Crippen molar-refractivity contribution in [2.45, 2.75) is 11.8 Å². The Labute approximate surface area is 117 Å². The molecule has 20 heavy (non-hydrogen) atoms. The molecule has 3 rings (SSSR count). The van der Waals surface area contributed by atoms with E-state index in [0.717, 1.165) is 10.9 Å². The van der Waals surface area contributed by atoms with Gasteiger partial charge < -0.3 is 4.42 Å². The van der Waals surface area contributed by atoms with E-state index in [2.05, 4.69) is 4.72 Å². The minimum Gasteiger partial charge on any atom is -0.462 e. The number of aryl methyl sites for hydroxylation is 1. The van der Waals surface area contributed by atoms with Gasteiger partial charge in [-0.05, 0) is 31.2 Å². The van der Waals surface area contributed by atoms with E-state index >= 15 is 0 Å². The quantitative estimate of drug-likeness (QED) is 0.801. The molecule has 0 radical (unpaired) electrons. The molecule has 102 valence electrons. The zero-order valence-electron chi connectivity index (χ0n) is 10.8. The molecular weight excluding hydrogens is 274 g/mol. The van der Waals surface area contributed by atoms with Gasteiger partial charge in [-0.3, -0.25) is 4.72 Å². The lowest BCUT2D eigenvalue weighted by Gasteiger charge is -2.06. The molecule has 0 aliphatic heterocycles. The Morgan fingerprint density at radius 3 is 2.45 bits per heavy atom. The lowest BCUT2D eigenvalue weighted by atomic mass is 10.2. The van der Waals surface area contributed by atoms with Crippen molar-refractivity contribution in [2.75, 3.05) is 4.72 Å². The van der Waals surface area contributed by atoms with E-state index in [1.54, 1.807) is 30.3 Å². The maximum absolute atomic E-state index is 12.3. The molecule has 0 amide bonds. The molecule has 0 aliphatic carbocycles. The predicted octanol–water partition coefficient (Wildman–Crippen LogP) is 3.54. The van der Waals surface area contributed by atoms with Crippen LogP contribution < -0.4 is 4.72 Å². The van der Waals surface area contributed by atoms with Gasteiger partial charge in [0.1, 0.15) is 11.8 Å². The molecule has 1 aromatic heterocycles. The highest BCUT2D eigenvalue weighted by Gasteiger charge is 2.16. The van der Waals surface area contributed by atoms with Gasteiger partial charge in [-0.1, -0.05) is 29.8 Å². The van der Waals surface area contributed by atoms with E-state index in [0.29, 0.717) is 11.3 Å².